The molecule has 0 amide bonds. The van der Waals surface area contributed by atoms with Crippen LogP contribution in [0.5, 0.6) is 0 Å². The zero-order valence-electron chi connectivity index (χ0n) is 18.8. The number of nitrogens with one attached hydrogen (secondary N) is 1. The predicted molar refractivity (Wildman–Crippen MR) is 137 cm³/mol. The van der Waals surface area contributed by atoms with Crippen LogP contribution in [0.2, 0.25) is 5.02 Å². The van der Waals surface area contributed by atoms with Crippen LogP contribution in [-0.4, -0.2) is 47.0 Å². The van der Waals surface area contributed by atoms with Gasteiger partial charge in [-0.25, -0.2) is 22.2 Å². The van der Waals surface area contributed by atoms with E-state index in [4.69, 9.17) is 16.6 Å². The van der Waals surface area contributed by atoms with Crippen molar-refractivity contribution in [1.29, 1.82) is 0 Å². The summed E-state index contributed by atoms with van der Waals surface area (Å²) >= 11 is 9.88. The van der Waals surface area contributed by atoms with Crippen LogP contribution in [0, 0.1) is 17.6 Å². The first-order chi connectivity index (χ1) is 17.2. The average molecular weight is 597 g/mol. The SMILES string of the molecule is O=S(=O)(c1cc(F)ccc1F)N1CCC(CNc2cc(-c3ccccc3Cl)nc3c(Br)cnn23)CC1. The van der Waals surface area contributed by atoms with Crippen molar-refractivity contribution in [2.24, 2.45) is 5.92 Å². The van der Waals surface area contributed by atoms with Gasteiger partial charge in [-0.2, -0.15) is 13.9 Å². The molecule has 0 unspecified atom stereocenters. The largest absolute Gasteiger partial charge is 0.370 e. The van der Waals surface area contributed by atoms with Gasteiger partial charge in [0.05, 0.1) is 16.4 Å². The van der Waals surface area contributed by atoms with Crippen molar-refractivity contribution >= 4 is 49.0 Å². The van der Waals surface area contributed by atoms with Crippen LogP contribution in [0.4, 0.5) is 14.6 Å². The Balaban J connectivity index is 1.31. The van der Waals surface area contributed by atoms with E-state index in [9.17, 15) is 17.2 Å². The molecular formula is C24H21BrClF2N5O2S. The Morgan fingerprint density at radius 1 is 1.11 bits per heavy atom. The summed E-state index contributed by atoms with van der Waals surface area (Å²) < 4.78 is 57.0. The Bertz CT molecular complexity index is 1540. The number of fused-ring (bicyclic) bond motifs is 1. The molecule has 2 aromatic carbocycles. The molecule has 12 heteroatoms. The molecule has 0 saturated carbocycles. The normalized spacial score (nSPS) is 15.4. The lowest BCUT2D eigenvalue weighted by Gasteiger charge is -2.31. The monoisotopic (exact) mass is 595 g/mol. The van der Waals surface area contributed by atoms with Crippen molar-refractivity contribution < 1.29 is 17.2 Å². The minimum atomic E-state index is -4.11. The fraction of sp³-hybridized carbons (Fsp3) is 0.250. The van der Waals surface area contributed by atoms with E-state index in [0.717, 1.165) is 34.1 Å². The second-order valence-electron chi connectivity index (χ2n) is 8.54. The highest BCUT2D eigenvalue weighted by Gasteiger charge is 2.31. The Morgan fingerprint density at radius 2 is 1.86 bits per heavy atom. The van der Waals surface area contributed by atoms with Crippen LogP contribution >= 0.6 is 27.5 Å². The Kier molecular flexibility index (Phi) is 6.99. The molecule has 5 rings (SSSR count). The fourth-order valence-corrected chi connectivity index (χ4v) is 6.41. The lowest BCUT2D eigenvalue weighted by atomic mass is 9.98. The predicted octanol–water partition coefficient (Wildman–Crippen LogP) is 5.60. The summed E-state index contributed by atoms with van der Waals surface area (Å²) in [5.74, 6) is -0.863. The Labute approximate surface area is 220 Å². The Morgan fingerprint density at radius 3 is 2.61 bits per heavy atom. The lowest BCUT2D eigenvalue weighted by molar-refractivity contribution is 0.281. The third-order valence-corrected chi connectivity index (χ3v) is 9.04. The molecule has 1 N–H and O–H groups in total. The first-order valence-corrected chi connectivity index (χ1v) is 13.8. The molecule has 1 fully saturated rings. The number of rotatable bonds is 6. The Hall–Kier alpha value is -2.60. The summed E-state index contributed by atoms with van der Waals surface area (Å²) in [6.45, 7) is 1.00. The standard InChI is InChI=1S/C24H21BrClF2N5O2S/c25-18-14-30-33-23(12-21(31-24(18)33)17-3-1-2-4-19(17)26)29-13-15-7-9-32(10-8-15)36(34,35)22-11-16(27)5-6-20(22)28/h1-6,11-12,14-15,29H,7-10,13H2. The van der Waals surface area contributed by atoms with E-state index >= 15 is 0 Å². The van der Waals surface area contributed by atoms with E-state index in [1.165, 1.54) is 4.31 Å². The van der Waals surface area contributed by atoms with Gasteiger partial charge in [0, 0.05) is 36.3 Å². The highest BCUT2D eigenvalue weighted by Crippen LogP contribution is 2.31. The molecule has 0 radical (unpaired) electrons. The number of hydrogen-bond acceptors (Lipinski definition) is 5. The van der Waals surface area contributed by atoms with Gasteiger partial charge in [0.15, 0.2) is 5.65 Å². The van der Waals surface area contributed by atoms with Crippen molar-refractivity contribution in [3.05, 3.63) is 75.9 Å². The van der Waals surface area contributed by atoms with Crippen molar-refractivity contribution in [2.75, 3.05) is 25.0 Å². The number of sulfonamides is 1. The van der Waals surface area contributed by atoms with Crippen molar-refractivity contribution in [3.8, 4) is 11.3 Å². The van der Waals surface area contributed by atoms with E-state index < -0.39 is 26.6 Å². The number of benzene rings is 2. The molecule has 0 bridgehead atoms. The molecule has 2 aromatic heterocycles. The summed E-state index contributed by atoms with van der Waals surface area (Å²) in [5.41, 5.74) is 2.11. The topological polar surface area (TPSA) is 79.6 Å². The van der Waals surface area contributed by atoms with Gasteiger partial charge in [0.2, 0.25) is 10.0 Å². The van der Waals surface area contributed by atoms with Gasteiger partial charge in [0.1, 0.15) is 22.3 Å². The van der Waals surface area contributed by atoms with Gasteiger partial charge in [-0.05, 0) is 59.0 Å². The van der Waals surface area contributed by atoms with Crippen molar-refractivity contribution in [3.63, 3.8) is 0 Å². The van der Waals surface area contributed by atoms with Crippen LogP contribution in [0.25, 0.3) is 16.9 Å². The van der Waals surface area contributed by atoms with E-state index in [1.807, 2.05) is 24.3 Å². The minimum Gasteiger partial charge on any atom is -0.370 e. The third kappa shape index (κ3) is 4.84. The van der Waals surface area contributed by atoms with Gasteiger partial charge >= 0.3 is 0 Å². The van der Waals surface area contributed by atoms with Gasteiger partial charge < -0.3 is 5.32 Å². The second kappa shape index (κ2) is 10.0. The third-order valence-electron chi connectivity index (χ3n) is 6.24. The van der Waals surface area contributed by atoms with E-state index in [1.54, 1.807) is 16.8 Å². The summed E-state index contributed by atoms with van der Waals surface area (Å²) in [4.78, 5) is 4.07. The molecule has 0 aliphatic carbocycles. The van der Waals surface area contributed by atoms with Gasteiger partial charge in [-0.1, -0.05) is 29.8 Å². The minimum absolute atomic E-state index is 0.166. The zero-order chi connectivity index (χ0) is 25.4. The summed E-state index contributed by atoms with van der Waals surface area (Å²) in [5, 5.41) is 8.39. The maximum atomic E-state index is 14.1. The highest BCUT2D eigenvalue weighted by molar-refractivity contribution is 9.10. The molecule has 7 nitrogen and oxygen atoms in total. The maximum absolute atomic E-state index is 14.1. The number of aromatic nitrogens is 3. The van der Waals surface area contributed by atoms with E-state index in [0.29, 0.717) is 35.8 Å². The van der Waals surface area contributed by atoms with Gasteiger partial charge in [0.25, 0.3) is 0 Å². The second-order valence-corrected chi connectivity index (χ2v) is 11.7. The molecule has 3 heterocycles. The summed E-state index contributed by atoms with van der Waals surface area (Å²) in [6.07, 6.45) is 2.80. The van der Waals surface area contributed by atoms with Crippen molar-refractivity contribution in [2.45, 2.75) is 17.7 Å². The van der Waals surface area contributed by atoms with E-state index in [-0.39, 0.29) is 19.0 Å². The molecule has 188 valence electrons. The molecule has 1 aliphatic rings. The quantitative estimate of drug-likeness (QED) is 0.313. The van der Waals surface area contributed by atoms with E-state index in [2.05, 4.69) is 26.3 Å². The van der Waals surface area contributed by atoms with Crippen LogP contribution in [0.3, 0.4) is 0 Å². The average Bonchev–Trinajstić information content (AvgIpc) is 3.25. The number of halogens is 4. The zero-order valence-corrected chi connectivity index (χ0v) is 22.0. The molecule has 1 aliphatic heterocycles. The molecular weight excluding hydrogens is 576 g/mol. The summed E-state index contributed by atoms with van der Waals surface area (Å²) in [6, 6.07) is 11.8. The summed E-state index contributed by atoms with van der Waals surface area (Å²) in [7, 11) is -4.11. The van der Waals surface area contributed by atoms with Gasteiger partial charge in [-0.15, -0.1) is 0 Å². The molecule has 4 aromatic rings. The van der Waals surface area contributed by atoms with Crippen LogP contribution in [-0.2, 0) is 10.0 Å². The van der Waals surface area contributed by atoms with Crippen molar-refractivity contribution in [1.82, 2.24) is 18.9 Å². The smallest absolute Gasteiger partial charge is 0.246 e. The van der Waals surface area contributed by atoms with Gasteiger partial charge in [-0.3, -0.25) is 0 Å². The first-order valence-electron chi connectivity index (χ1n) is 11.2. The highest BCUT2D eigenvalue weighted by atomic mass is 79.9. The molecule has 0 spiro atoms. The van der Waals surface area contributed by atoms with Crippen LogP contribution < -0.4 is 5.32 Å². The molecule has 36 heavy (non-hydrogen) atoms. The fourth-order valence-electron chi connectivity index (χ4n) is 4.29. The van der Waals surface area contributed by atoms with Crippen LogP contribution in [0.1, 0.15) is 12.8 Å². The first kappa shape index (κ1) is 25.1. The lowest BCUT2D eigenvalue weighted by Crippen LogP contribution is -2.40. The maximum Gasteiger partial charge on any atom is 0.246 e. The van der Waals surface area contributed by atoms with Crippen LogP contribution in [0.15, 0.2) is 64.1 Å². The number of anilines is 1. The number of nitrogens with zero attached hydrogens (tertiary/aromatic N) is 4. The number of piperidine rings is 1. The number of hydrogen-bond donors (Lipinski definition) is 1. The molecule has 0 atom stereocenters. The molecule has 1 saturated heterocycles.